The van der Waals surface area contributed by atoms with Crippen LogP contribution in [-0.2, 0) is 10.0 Å². The number of aryl methyl sites for hydroxylation is 2. The predicted octanol–water partition coefficient (Wildman–Crippen LogP) is 1.80. The summed E-state index contributed by atoms with van der Waals surface area (Å²) in [6, 6.07) is 3.50. The van der Waals surface area contributed by atoms with Crippen molar-refractivity contribution < 1.29 is 26.4 Å². The van der Waals surface area contributed by atoms with Gasteiger partial charge in [0.15, 0.2) is 11.6 Å². The van der Waals surface area contributed by atoms with Crippen molar-refractivity contribution >= 4 is 15.9 Å². The molecule has 9 heteroatoms. The highest BCUT2D eigenvalue weighted by Gasteiger charge is 2.19. The van der Waals surface area contributed by atoms with Crippen LogP contribution in [-0.4, -0.2) is 14.3 Å². The molecule has 0 spiro atoms. The van der Waals surface area contributed by atoms with E-state index >= 15 is 0 Å². The standard InChI is InChI=1S/C13H12F2N2O4S/c1-7-5-10(8(2)21-7)13(18)16-17-22(19,20)9-3-4-11(14)12(15)6-9/h3-6,17H,1-2H3,(H,16,18). The van der Waals surface area contributed by atoms with E-state index in [4.69, 9.17) is 4.42 Å². The Balaban J connectivity index is 2.14. The van der Waals surface area contributed by atoms with Gasteiger partial charge in [-0.1, -0.05) is 0 Å². The van der Waals surface area contributed by atoms with Crippen molar-refractivity contribution in [1.29, 1.82) is 0 Å². The summed E-state index contributed by atoms with van der Waals surface area (Å²) in [5, 5.41) is 0. The zero-order valence-corrected chi connectivity index (χ0v) is 12.4. The van der Waals surface area contributed by atoms with Crippen LogP contribution >= 0.6 is 0 Å². The molecule has 0 saturated heterocycles. The van der Waals surface area contributed by atoms with Crippen molar-refractivity contribution in [3.63, 3.8) is 0 Å². The first-order valence-corrected chi connectivity index (χ1v) is 7.53. The summed E-state index contributed by atoms with van der Waals surface area (Å²) in [7, 11) is -4.23. The van der Waals surface area contributed by atoms with Crippen LogP contribution < -0.4 is 10.3 Å². The topological polar surface area (TPSA) is 88.4 Å². The molecular formula is C13H12F2N2O4S. The molecule has 2 N–H and O–H groups in total. The molecule has 1 amide bonds. The Morgan fingerprint density at radius 1 is 1.14 bits per heavy atom. The molecule has 0 radical (unpaired) electrons. The quantitative estimate of drug-likeness (QED) is 0.837. The van der Waals surface area contributed by atoms with Crippen LogP contribution in [0.5, 0.6) is 0 Å². The Hall–Kier alpha value is -2.26. The third kappa shape index (κ3) is 3.31. The first kappa shape index (κ1) is 16.1. The third-order valence-electron chi connectivity index (χ3n) is 2.79. The fourth-order valence-electron chi connectivity index (χ4n) is 1.74. The normalized spacial score (nSPS) is 11.5. The molecule has 2 aromatic rings. The summed E-state index contributed by atoms with van der Waals surface area (Å²) in [5.41, 5.74) is 2.13. The highest BCUT2D eigenvalue weighted by molar-refractivity contribution is 7.89. The monoisotopic (exact) mass is 330 g/mol. The van der Waals surface area contributed by atoms with Gasteiger partial charge in [-0.3, -0.25) is 10.2 Å². The van der Waals surface area contributed by atoms with Crippen LogP contribution in [0.4, 0.5) is 8.78 Å². The number of carbonyl (C=O) groups is 1. The number of amides is 1. The predicted molar refractivity (Wildman–Crippen MR) is 72.3 cm³/mol. The zero-order valence-electron chi connectivity index (χ0n) is 11.6. The summed E-state index contributed by atoms with van der Waals surface area (Å²) in [5.74, 6) is -2.41. The van der Waals surface area contributed by atoms with Gasteiger partial charge >= 0.3 is 0 Å². The Kier molecular flexibility index (Phi) is 4.29. The van der Waals surface area contributed by atoms with Crippen molar-refractivity contribution in [2.45, 2.75) is 18.7 Å². The van der Waals surface area contributed by atoms with E-state index in [2.05, 4.69) is 0 Å². The van der Waals surface area contributed by atoms with Gasteiger partial charge in [0.25, 0.3) is 15.9 Å². The molecule has 1 aromatic carbocycles. The van der Waals surface area contributed by atoms with Crippen molar-refractivity contribution in [3.8, 4) is 0 Å². The van der Waals surface area contributed by atoms with Gasteiger partial charge in [0.1, 0.15) is 11.5 Å². The molecule has 1 heterocycles. The largest absolute Gasteiger partial charge is 0.466 e. The van der Waals surface area contributed by atoms with Gasteiger partial charge in [-0.15, -0.1) is 4.83 Å². The Morgan fingerprint density at radius 2 is 1.82 bits per heavy atom. The van der Waals surface area contributed by atoms with E-state index in [1.54, 1.807) is 18.7 Å². The van der Waals surface area contributed by atoms with Gasteiger partial charge < -0.3 is 4.42 Å². The van der Waals surface area contributed by atoms with E-state index in [0.717, 1.165) is 6.07 Å². The summed E-state index contributed by atoms with van der Waals surface area (Å²) in [6.45, 7) is 3.18. The average Bonchev–Trinajstić information content (AvgIpc) is 2.78. The molecule has 2 rings (SSSR count). The number of hydrogen-bond donors (Lipinski definition) is 2. The van der Waals surface area contributed by atoms with Crippen molar-refractivity contribution in [2.24, 2.45) is 0 Å². The van der Waals surface area contributed by atoms with Gasteiger partial charge in [-0.25, -0.2) is 17.2 Å². The Labute approximate surface area is 125 Å². The number of furan rings is 1. The van der Waals surface area contributed by atoms with Crippen LogP contribution in [0.2, 0.25) is 0 Å². The molecule has 1 aromatic heterocycles. The van der Waals surface area contributed by atoms with Crippen molar-refractivity contribution in [3.05, 3.63) is 53.0 Å². The molecule has 118 valence electrons. The maximum absolute atomic E-state index is 13.1. The van der Waals surface area contributed by atoms with Gasteiger partial charge in [-0.2, -0.15) is 0 Å². The second-order valence-electron chi connectivity index (χ2n) is 4.46. The molecule has 0 fully saturated rings. The van der Waals surface area contributed by atoms with E-state index in [0.29, 0.717) is 23.7 Å². The molecule has 0 aliphatic rings. The second kappa shape index (κ2) is 5.85. The number of benzene rings is 1. The minimum Gasteiger partial charge on any atom is -0.466 e. The maximum atomic E-state index is 13.1. The lowest BCUT2D eigenvalue weighted by atomic mass is 10.2. The lowest BCUT2D eigenvalue weighted by Gasteiger charge is -2.08. The van der Waals surface area contributed by atoms with Gasteiger partial charge in [0, 0.05) is 0 Å². The van der Waals surface area contributed by atoms with Crippen LogP contribution in [0.15, 0.2) is 33.6 Å². The molecule has 0 saturated carbocycles. The van der Waals surface area contributed by atoms with Crippen LogP contribution in [0.1, 0.15) is 21.9 Å². The van der Waals surface area contributed by atoms with E-state index in [1.807, 2.05) is 5.43 Å². The highest BCUT2D eigenvalue weighted by Crippen LogP contribution is 2.15. The van der Waals surface area contributed by atoms with Gasteiger partial charge in [-0.05, 0) is 38.1 Å². The highest BCUT2D eigenvalue weighted by atomic mass is 32.2. The summed E-state index contributed by atoms with van der Waals surface area (Å²) in [6.07, 6.45) is 0. The fourth-order valence-corrected chi connectivity index (χ4v) is 2.59. The Morgan fingerprint density at radius 3 is 2.36 bits per heavy atom. The van der Waals surface area contributed by atoms with Crippen LogP contribution in [0.3, 0.4) is 0 Å². The fraction of sp³-hybridized carbons (Fsp3) is 0.154. The molecular weight excluding hydrogens is 318 g/mol. The van der Waals surface area contributed by atoms with Crippen molar-refractivity contribution in [2.75, 3.05) is 0 Å². The van der Waals surface area contributed by atoms with Gasteiger partial charge in [0.05, 0.1) is 10.5 Å². The summed E-state index contributed by atoms with van der Waals surface area (Å²) >= 11 is 0. The minimum atomic E-state index is -4.23. The first-order valence-electron chi connectivity index (χ1n) is 6.05. The molecule has 0 bridgehead atoms. The van der Waals surface area contributed by atoms with Gasteiger partial charge in [0.2, 0.25) is 0 Å². The molecule has 0 aliphatic heterocycles. The number of hydrazine groups is 1. The minimum absolute atomic E-state index is 0.158. The number of hydrogen-bond acceptors (Lipinski definition) is 4. The van der Waals surface area contributed by atoms with Crippen molar-refractivity contribution in [1.82, 2.24) is 10.3 Å². The smallest absolute Gasteiger partial charge is 0.269 e. The molecule has 0 atom stereocenters. The van der Waals surface area contributed by atoms with E-state index in [1.165, 1.54) is 6.07 Å². The van der Waals surface area contributed by atoms with E-state index in [9.17, 15) is 22.0 Å². The maximum Gasteiger partial charge on any atom is 0.269 e. The lowest BCUT2D eigenvalue weighted by molar-refractivity contribution is 0.0943. The Bertz CT molecular complexity index is 831. The number of halogens is 2. The lowest BCUT2D eigenvalue weighted by Crippen LogP contribution is -2.41. The average molecular weight is 330 g/mol. The van der Waals surface area contributed by atoms with E-state index < -0.39 is 32.5 Å². The third-order valence-corrected chi connectivity index (χ3v) is 4.03. The molecule has 6 nitrogen and oxygen atoms in total. The number of nitrogens with one attached hydrogen (secondary N) is 2. The number of rotatable bonds is 4. The summed E-state index contributed by atoms with van der Waals surface area (Å²) in [4.78, 5) is 13.1. The molecule has 0 aliphatic carbocycles. The zero-order chi connectivity index (χ0) is 16.5. The SMILES string of the molecule is Cc1cc(C(=O)NNS(=O)(=O)c2ccc(F)c(F)c2)c(C)o1. The molecule has 22 heavy (non-hydrogen) atoms. The second-order valence-corrected chi connectivity index (χ2v) is 6.14. The van der Waals surface area contributed by atoms with E-state index in [-0.39, 0.29) is 5.56 Å². The van der Waals surface area contributed by atoms with Crippen LogP contribution in [0.25, 0.3) is 0 Å². The molecule has 0 unspecified atom stereocenters. The summed E-state index contributed by atoms with van der Waals surface area (Å²) < 4.78 is 54.8. The van der Waals surface area contributed by atoms with Crippen LogP contribution in [0, 0.1) is 25.5 Å². The first-order chi connectivity index (χ1) is 10.2. The number of carbonyl (C=O) groups excluding carboxylic acids is 1. The number of sulfonamides is 1.